The molecule has 0 saturated carbocycles. The summed E-state index contributed by atoms with van der Waals surface area (Å²) in [4.78, 5) is 11.3. The SMILES string of the molecule is CCOC(=O)CC(C)C=C=C(C)CCC=C(C)C. The van der Waals surface area contributed by atoms with E-state index in [1.54, 1.807) is 0 Å². The number of esters is 1. The predicted octanol–water partition coefficient (Wildman–Crippen LogP) is 4.42. The van der Waals surface area contributed by atoms with E-state index in [4.69, 9.17) is 4.74 Å². The van der Waals surface area contributed by atoms with Crippen molar-refractivity contribution in [3.63, 3.8) is 0 Å². The van der Waals surface area contributed by atoms with E-state index >= 15 is 0 Å². The Kier molecular flexibility index (Phi) is 9.04. The van der Waals surface area contributed by atoms with Crippen molar-refractivity contribution in [2.24, 2.45) is 5.92 Å². The molecule has 0 spiro atoms. The van der Waals surface area contributed by atoms with E-state index in [2.05, 4.69) is 32.6 Å². The van der Waals surface area contributed by atoms with Gasteiger partial charge in [-0.2, -0.15) is 0 Å². The molecule has 0 saturated heterocycles. The molecule has 18 heavy (non-hydrogen) atoms. The molecule has 0 aliphatic heterocycles. The van der Waals surface area contributed by atoms with Crippen LogP contribution in [-0.4, -0.2) is 12.6 Å². The van der Waals surface area contributed by atoms with Crippen molar-refractivity contribution < 1.29 is 9.53 Å². The summed E-state index contributed by atoms with van der Waals surface area (Å²) in [6.45, 7) is 10.6. The summed E-state index contributed by atoms with van der Waals surface area (Å²) in [5.41, 5.74) is 5.83. The van der Waals surface area contributed by atoms with Gasteiger partial charge in [0.05, 0.1) is 13.0 Å². The first kappa shape index (κ1) is 16.7. The summed E-state index contributed by atoms with van der Waals surface area (Å²) < 4.78 is 4.91. The van der Waals surface area contributed by atoms with Crippen LogP contribution >= 0.6 is 0 Å². The third-order valence-electron chi connectivity index (χ3n) is 2.48. The van der Waals surface area contributed by atoms with Crippen LogP contribution in [0.1, 0.15) is 53.9 Å². The van der Waals surface area contributed by atoms with Crippen LogP contribution < -0.4 is 0 Å². The number of hydrogen-bond acceptors (Lipinski definition) is 2. The Hall–Kier alpha value is -1.27. The van der Waals surface area contributed by atoms with Gasteiger partial charge >= 0.3 is 5.97 Å². The number of carbonyl (C=O) groups excluding carboxylic acids is 1. The quantitative estimate of drug-likeness (QED) is 0.380. The lowest BCUT2D eigenvalue weighted by Gasteiger charge is -2.04. The lowest BCUT2D eigenvalue weighted by Crippen LogP contribution is -2.07. The molecule has 102 valence electrons. The average molecular weight is 250 g/mol. The van der Waals surface area contributed by atoms with E-state index in [1.807, 2.05) is 19.9 Å². The van der Waals surface area contributed by atoms with E-state index in [0.717, 1.165) is 12.8 Å². The van der Waals surface area contributed by atoms with Crippen LogP contribution in [0.15, 0.2) is 29.0 Å². The second kappa shape index (κ2) is 9.73. The van der Waals surface area contributed by atoms with Crippen molar-refractivity contribution in [1.29, 1.82) is 0 Å². The van der Waals surface area contributed by atoms with Gasteiger partial charge in [0.25, 0.3) is 0 Å². The minimum Gasteiger partial charge on any atom is -0.466 e. The van der Waals surface area contributed by atoms with Crippen LogP contribution in [0, 0.1) is 5.92 Å². The van der Waals surface area contributed by atoms with Crippen LogP contribution in [0.2, 0.25) is 0 Å². The van der Waals surface area contributed by atoms with Gasteiger partial charge < -0.3 is 4.74 Å². The van der Waals surface area contributed by atoms with E-state index in [1.165, 1.54) is 11.1 Å². The topological polar surface area (TPSA) is 26.3 Å². The van der Waals surface area contributed by atoms with Crippen LogP contribution in [0.25, 0.3) is 0 Å². The zero-order valence-corrected chi connectivity index (χ0v) is 12.4. The van der Waals surface area contributed by atoms with Crippen molar-refractivity contribution in [2.75, 3.05) is 6.61 Å². The van der Waals surface area contributed by atoms with Crippen molar-refractivity contribution >= 4 is 5.97 Å². The monoisotopic (exact) mass is 250 g/mol. The van der Waals surface area contributed by atoms with Crippen LogP contribution in [0.3, 0.4) is 0 Å². The van der Waals surface area contributed by atoms with Crippen molar-refractivity contribution in [1.82, 2.24) is 0 Å². The Morgan fingerprint density at radius 3 is 2.56 bits per heavy atom. The molecule has 0 fully saturated rings. The van der Waals surface area contributed by atoms with E-state index in [0.29, 0.717) is 13.0 Å². The number of allylic oxidation sites excluding steroid dienone is 3. The van der Waals surface area contributed by atoms with E-state index < -0.39 is 0 Å². The third-order valence-corrected chi connectivity index (χ3v) is 2.48. The molecular weight excluding hydrogens is 224 g/mol. The third kappa shape index (κ3) is 9.92. The van der Waals surface area contributed by atoms with Gasteiger partial charge in [0.15, 0.2) is 0 Å². The zero-order chi connectivity index (χ0) is 14.0. The maximum absolute atomic E-state index is 11.3. The van der Waals surface area contributed by atoms with Gasteiger partial charge in [-0.15, -0.1) is 5.73 Å². The van der Waals surface area contributed by atoms with Crippen molar-refractivity contribution in [3.05, 3.63) is 29.0 Å². The fourth-order valence-electron chi connectivity index (χ4n) is 1.48. The lowest BCUT2D eigenvalue weighted by atomic mass is 10.1. The highest BCUT2D eigenvalue weighted by molar-refractivity contribution is 5.69. The second-order valence-corrected chi connectivity index (χ2v) is 4.90. The summed E-state index contributed by atoms with van der Waals surface area (Å²) in [7, 11) is 0. The Morgan fingerprint density at radius 1 is 1.33 bits per heavy atom. The molecule has 0 N–H and O–H groups in total. The molecule has 0 aromatic heterocycles. The van der Waals surface area contributed by atoms with Crippen molar-refractivity contribution in [2.45, 2.75) is 53.9 Å². The van der Waals surface area contributed by atoms with Gasteiger partial charge in [-0.1, -0.05) is 18.6 Å². The second-order valence-electron chi connectivity index (χ2n) is 4.90. The highest BCUT2D eigenvalue weighted by atomic mass is 16.5. The molecule has 0 bridgehead atoms. The number of carbonyl (C=O) groups is 1. The first-order valence-electron chi connectivity index (χ1n) is 6.67. The molecule has 0 radical (unpaired) electrons. The smallest absolute Gasteiger partial charge is 0.306 e. The molecule has 0 amide bonds. The van der Waals surface area contributed by atoms with Gasteiger partial charge in [0.2, 0.25) is 0 Å². The summed E-state index contributed by atoms with van der Waals surface area (Å²) in [5, 5.41) is 0. The number of ether oxygens (including phenoxy) is 1. The van der Waals surface area contributed by atoms with Gasteiger partial charge in [-0.25, -0.2) is 0 Å². The van der Waals surface area contributed by atoms with E-state index in [-0.39, 0.29) is 11.9 Å². The Balaban J connectivity index is 4.16. The number of hydrogen-bond donors (Lipinski definition) is 0. The maximum Gasteiger partial charge on any atom is 0.306 e. The normalized spacial score (nSPS) is 11.2. The van der Waals surface area contributed by atoms with Gasteiger partial charge in [-0.05, 0) is 58.1 Å². The first-order chi connectivity index (χ1) is 8.45. The Morgan fingerprint density at radius 2 is 2.00 bits per heavy atom. The lowest BCUT2D eigenvalue weighted by molar-refractivity contribution is -0.143. The zero-order valence-electron chi connectivity index (χ0n) is 12.4. The fourth-order valence-corrected chi connectivity index (χ4v) is 1.48. The highest BCUT2D eigenvalue weighted by Crippen LogP contribution is 2.08. The molecular formula is C16H26O2. The standard InChI is InChI=1S/C16H26O2/c1-6-18-16(17)12-15(5)11-10-14(4)9-7-8-13(2)3/h8,11,15H,6-7,9,12H2,1-5H3. The summed E-state index contributed by atoms with van der Waals surface area (Å²) in [6, 6.07) is 0. The van der Waals surface area contributed by atoms with Gasteiger partial charge in [-0.3, -0.25) is 4.79 Å². The van der Waals surface area contributed by atoms with Crippen LogP contribution in [0.4, 0.5) is 0 Å². The molecule has 2 nitrogen and oxygen atoms in total. The van der Waals surface area contributed by atoms with Crippen molar-refractivity contribution in [3.8, 4) is 0 Å². The first-order valence-corrected chi connectivity index (χ1v) is 6.67. The molecule has 0 aliphatic rings. The molecule has 0 aromatic rings. The largest absolute Gasteiger partial charge is 0.466 e. The molecule has 0 heterocycles. The molecule has 2 heteroatoms. The molecule has 1 atom stereocenters. The molecule has 1 unspecified atom stereocenters. The minimum absolute atomic E-state index is 0.134. The Bertz CT molecular complexity index is 340. The summed E-state index contributed by atoms with van der Waals surface area (Å²) in [5.74, 6) is 0.0488. The molecule has 0 rings (SSSR count). The summed E-state index contributed by atoms with van der Waals surface area (Å²) >= 11 is 0. The van der Waals surface area contributed by atoms with Gasteiger partial charge in [0.1, 0.15) is 0 Å². The van der Waals surface area contributed by atoms with Gasteiger partial charge in [0, 0.05) is 0 Å². The number of rotatable bonds is 7. The average Bonchev–Trinajstić information content (AvgIpc) is 2.26. The maximum atomic E-state index is 11.3. The van der Waals surface area contributed by atoms with Crippen LogP contribution in [-0.2, 0) is 9.53 Å². The minimum atomic E-state index is -0.134. The van der Waals surface area contributed by atoms with E-state index in [9.17, 15) is 4.79 Å². The predicted molar refractivity (Wildman–Crippen MR) is 76.3 cm³/mol. The summed E-state index contributed by atoms with van der Waals surface area (Å²) in [6.07, 6.45) is 6.71. The fraction of sp³-hybridized carbons (Fsp3) is 0.625. The highest BCUT2D eigenvalue weighted by Gasteiger charge is 2.06. The molecule has 0 aromatic carbocycles. The van der Waals surface area contributed by atoms with Crippen LogP contribution in [0.5, 0.6) is 0 Å². The Labute approximate surface area is 111 Å². The molecule has 0 aliphatic carbocycles.